The van der Waals surface area contributed by atoms with Gasteiger partial charge in [0.2, 0.25) is 5.60 Å². The summed E-state index contributed by atoms with van der Waals surface area (Å²) in [5.41, 5.74) is -2.04. The zero-order chi connectivity index (χ0) is 33.3. The summed E-state index contributed by atoms with van der Waals surface area (Å²) in [4.78, 5) is 35.0. The predicted molar refractivity (Wildman–Crippen MR) is 176 cm³/mol. The van der Waals surface area contributed by atoms with Gasteiger partial charge in [-0.15, -0.1) is 0 Å². The molecule has 1 atom stereocenters. The smallest absolute Gasteiger partial charge is 0.411 e. The van der Waals surface area contributed by atoms with Crippen molar-refractivity contribution >= 4 is 39.3 Å². The second kappa shape index (κ2) is 13.2. The number of nitriles is 1. The molecule has 11 nitrogen and oxygen atoms in total. The van der Waals surface area contributed by atoms with Gasteiger partial charge in [0, 0.05) is 37.8 Å². The summed E-state index contributed by atoms with van der Waals surface area (Å²) in [5, 5.41) is 9.77. The van der Waals surface area contributed by atoms with Crippen LogP contribution in [0.5, 0.6) is 5.75 Å². The van der Waals surface area contributed by atoms with Gasteiger partial charge in [-0.25, -0.2) is 13.2 Å². The summed E-state index contributed by atoms with van der Waals surface area (Å²) in [6.07, 6.45) is 1.33. The first kappa shape index (κ1) is 32.8. The molecule has 3 aromatic carbocycles. The highest BCUT2D eigenvalue weighted by Crippen LogP contribution is 2.52. The predicted octanol–water partition coefficient (Wildman–Crippen LogP) is 4.44. The fourth-order valence-corrected chi connectivity index (χ4v) is 8.66. The van der Waals surface area contributed by atoms with Gasteiger partial charge in [0.1, 0.15) is 10.6 Å². The summed E-state index contributed by atoms with van der Waals surface area (Å²) >= 11 is 6.35. The van der Waals surface area contributed by atoms with Crippen molar-refractivity contribution in [2.24, 2.45) is 0 Å². The van der Waals surface area contributed by atoms with Crippen LogP contribution in [0.4, 0.5) is 10.5 Å². The van der Waals surface area contributed by atoms with Crippen LogP contribution in [0.2, 0.25) is 5.02 Å². The van der Waals surface area contributed by atoms with Crippen molar-refractivity contribution in [2.45, 2.75) is 36.3 Å². The minimum atomic E-state index is -4.63. The van der Waals surface area contributed by atoms with Gasteiger partial charge in [-0.1, -0.05) is 41.9 Å². The summed E-state index contributed by atoms with van der Waals surface area (Å²) in [6.45, 7) is 6.06. The quantitative estimate of drug-likeness (QED) is 0.357. The Morgan fingerprint density at radius 1 is 0.979 bits per heavy atom. The van der Waals surface area contributed by atoms with Crippen LogP contribution in [0, 0.1) is 11.3 Å². The molecule has 0 N–H and O–H groups in total. The number of piperazine rings is 1. The molecule has 2 amide bonds. The number of para-hydroxylation sites is 1. The van der Waals surface area contributed by atoms with E-state index in [4.69, 9.17) is 21.1 Å². The van der Waals surface area contributed by atoms with Gasteiger partial charge in [-0.3, -0.25) is 9.69 Å². The van der Waals surface area contributed by atoms with Crippen molar-refractivity contribution in [1.29, 1.82) is 5.26 Å². The van der Waals surface area contributed by atoms with Crippen molar-refractivity contribution in [2.75, 3.05) is 57.2 Å². The van der Waals surface area contributed by atoms with Crippen LogP contribution in [0.1, 0.15) is 36.5 Å². The number of likely N-dealkylation sites (tertiary alicyclic amines) is 1. The monoisotopic (exact) mass is 677 g/mol. The Bertz CT molecular complexity index is 1830. The maximum Gasteiger partial charge on any atom is 0.411 e. The van der Waals surface area contributed by atoms with E-state index >= 15 is 0 Å². The van der Waals surface area contributed by atoms with Crippen LogP contribution >= 0.6 is 11.6 Å². The molecule has 0 saturated carbocycles. The van der Waals surface area contributed by atoms with Gasteiger partial charge >= 0.3 is 6.09 Å². The lowest BCUT2D eigenvalue weighted by Gasteiger charge is -2.42. The van der Waals surface area contributed by atoms with Gasteiger partial charge in [0.15, 0.2) is 0 Å². The summed E-state index contributed by atoms with van der Waals surface area (Å²) in [5.74, 6) is -0.818. The van der Waals surface area contributed by atoms with Crippen molar-refractivity contribution in [3.63, 3.8) is 0 Å². The molecule has 3 aliphatic heterocycles. The first-order chi connectivity index (χ1) is 22.6. The van der Waals surface area contributed by atoms with E-state index < -0.39 is 27.6 Å². The van der Waals surface area contributed by atoms with Crippen LogP contribution in [0.15, 0.2) is 71.6 Å². The van der Waals surface area contributed by atoms with Gasteiger partial charge in [0.05, 0.1) is 34.5 Å². The molecule has 3 aliphatic rings. The highest BCUT2D eigenvalue weighted by molar-refractivity contribution is 7.93. The number of fused-ring (bicyclic) bond motifs is 1. The number of hydrogen-bond donors (Lipinski definition) is 0. The Hall–Kier alpha value is -4.15. The van der Waals surface area contributed by atoms with E-state index in [-0.39, 0.29) is 44.7 Å². The third kappa shape index (κ3) is 5.82. The SMILES string of the molecule is CCOc1ccccc1C1(OC(=O)N2CCN(C3CCN(C)CC3)CC2)C(=O)N(S(=O)(=O)c2ccccc2Cl)c2ccc(C#N)cc21. The molecule has 0 bridgehead atoms. The number of piperidine rings is 1. The first-order valence-electron chi connectivity index (χ1n) is 15.6. The molecule has 47 heavy (non-hydrogen) atoms. The zero-order valence-electron chi connectivity index (χ0n) is 26.3. The summed E-state index contributed by atoms with van der Waals surface area (Å²) < 4.78 is 41.4. The van der Waals surface area contributed by atoms with Crippen LogP contribution in [-0.2, 0) is 25.2 Å². The number of carbonyl (C=O) groups is 2. The normalized spacial score (nSPS) is 20.9. The number of nitrogens with zero attached hydrogens (tertiary/aromatic N) is 5. The van der Waals surface area contributed by atoms with Crippen LogP contribution in [0.25, 0.3) is 0 Å². The van der Waals surface area contributed by atoms with Gasteiger partial charge in [0.25, 0.3) is 15.9 Å². The average Bonchev–Trinajstić information content (AvgIpc) is 3.33. The molecule has 13 heteroatoms. The van der Waals surface area contributed by atoms with E-state index in [0.29, 0.717) is 36.5 Å². The second-order valence-corrected chi connectivity index (χ2v) is 14.0. The Labute approximate surface area is 279 Å². The number of anilines is 1. The fourth-order valence-electron chi connectivity index (χ4n) is 6.70. The molecule has 0 aliphatic carbocycles. The minimum absolute atomic E-state index is 0.0302. The van der Waals surface area contributed by atoms with Crippen LogP contribution in [0.3, 0.4) is 0 Å². The second-order valence-electron chi connectivity index (χ2n) is 11.9. The van der Waals surface area contributed by atoms with Crippen molar-refractivity contribution < 1.29 is 27.5 Å². The Morgan fingerprint density at radius 3 is 2.34 bits per heavy atom. The Balaban J connectivity index is 1.44. The fraction of sp³-hybridized carbons (Fsp3) is 0.382. The highest BCUT2D eigenvalue weighted by atomic mass is 35.5. The van der Waals surface area contributed by atoms with E-state index in [0.717, 1.165) is 25.9 Å². The van der Waals surface area contributed by atoms with E-state index in [9.17, 15) is 23.3 Å². The zero-order valence-corrected chi connectivity index (χ0v) is 27.8. The number of sulfonamides is 1. The van der Waals surface area contributed by atoms with E-state index in [2.05, 4.69) is 22.9 Å². The highest BCUT2D eigenvalue weighted by Gasteiger charge is 2.61. The molecule has 0 spiro atoms. The topological polar surface area (TPSA) is 123 Å². The van der Waals surface area contributed by atoms with Gasteiger partial charge in [-0.2, -0.15) is 9.57 Å². The maximum atomic E-state index is 14.9. The molecule has 0 radical (unpaired) electrons. The maximum absolute atomic E-state index is 14.9. The minimum Gasteiger partial charge on any atom is -0.493 e. The molecule has 246 valence electrons. The molecule has 3 heterocycles. The van der Waals surface area contributed by atoms with E-state index in [1.54, 1.807) is 42.2 Å². The Morgan fingerprint density at radius 2 is 1.66 bits per heavy atom. The van der Waals surface area contributed by atoms with Gasteiger partial charge in [-0.05, 0) is 76.3 Å². The average molecular weight is 678 g/mol. The molecule has 3 aromatic rings. The lowest BCUT2D eigenvalue weighted by molar-refractivity contribution is -0.132. The largest absolute Gasteiger partial charge is 0.493 e. The van der Waals surface area contributed by atoms with Crippen molar-refractivity contribution in [3.05, 3.63) is 88.4 Å². The van der Waals surface area contributed by atoms with Crippen molar-refractivity contribution in [3.8, 4) is 11.8 Å². The molecule has 6 rings (SSSR count). The lowest BCUT2D eigenvalue weighted by Crippen LogP contribution is -2.55. The number of halogens is 1. The lowest BCUT2D eigenvalue weighted by atomic mass is 9.85. The standard InChI is InChI=1S/C34H36ClN5O6S/c1-3-45-30-10-6-4-8-26(30)34(46-33(42)39-20-18-38(19-21-39)25-14-16-37(2)17-15-25)27-22-24(23-36)12-13-29(27)40(32(34)41)47(43,44)31-11-7-5-9-28(31)35/h4-13,22,25H,3,14-21H2,1-2H3. The van der Waals surface area contributed by atoms with Crippen LogP contribution < -0.4 is 9.04 Å². The number of amides is 2. The Kier molecular flexibility index (Phi) is 9.18. The molecule has 0 aromatic heterocycles. The number of ether oxygens (including phenoxy) is 2. The summed E-state index contributed by atoms with van der Waals surface area (Å²) in [6, 6.07) is 19.0. The molecular weight excluding hydrogens is 642 g/mol. The molecule has 2 saturated heterocycles. The van der Waals surface area contributed by atoms with E-state index in [1.165, 1.54) is 36.4 Å². The third-order valence-corrected chi connectivity index (χ3v) is 11.3. The number of carbonyl (C=O) groups excluding carboxylic acids is 2. The molecular formula is C34H36ClN5O6S. The first-order valence-corrected chi connectivity index (χ1v) is 17.4. The van der Waals surface area contributed by atoms with Crippen LogP contribution in [-0.4, -0.2) is 94.1 Å². The van der Waals surface area contributed by atoms with Crippen molar-refractivity contribution in [1.82, 2.24) is 14.7 Å². The molecule has 2 fully saturated rings. The van der Waals surface area contributed by atoms with E-state index in [1.807, 2.05) is 0 Å². The van der Waals surface area contributed by atoms with Gasteiger partial charge < -0.3 is 19.3 Å². The number of benzene rings is 3. The number of rotatable bonds is 7. The molecule has 1 unspecified atom stereocenters. The number of hydrogen-bond acceptors (Lipinski definition) is 9. The summed E-state index contributed by atoms with van der Waals surface area (Å²) in [7, 11) is -2.51. The third-order valence-electron chi connectivity index (χ3n) is 9.15.